The van der Waals surface area contributed by atoms with Crippen molar-refractivity contribution in [1.29, 1.82) is 0 Å². The van der Waals surface area contributed by atoms with Crippen LogP contribution in [0.4, 0.5) is 0 Å². The lowest BCUT2D eigenvalue weighted by molar-refractivity contribution is -0.125. The summed E-state index contributed by atoms with van der Waals surface area (Å²) in [6, 6.07) is -0.604. The van der Waals surface area contributed by atoms with Crippen molar-refractivity contribution in [2.45, 2.75) is 58.7 Å². The Morgan fingerprint density at radius 1 is 1.39 bits per heavy atom. The summed E-state index contributed by atoms with van der Waals surface area (Å²) in [7, 11) is 0. The minimum atomic E-state index is -0.379. The van der Waals surface area contributed by atoms with Gasteiger partial charge >= 0.3 is 0 Å². The molecule has 2 N–H and O–H groups in total. The third kappa shape index (κ3) is 4.26. The molecule has 2 rings (SSSR count). The van der Waals surface area contributed by atoms with Gasteiger partial charge in [0.15, 0.2) is 5.78 Å². The molecule has 2 aliphatic rings. The number of ketones is 1. The summed E-state index contributed by atoms with van der Waals surface area (Å²) in [5, 5.41) is 5.08. The molecular weight excluding hydrogens is 292 g/mol. The smallest absolute Gasteiger partial charge is 0.247 e. The molecule has 2 unspecified atom stereocenters. The van der Waals surface area contributed by atoms with Crippen molar-refractivity contribution in [3.05, 3.63) is 11.6 Å². The van der Waals surface area contributed by atoms with Crippen LogP contribution in [0.15, 0.2) is 16.6 Å². The quantitative estimate of drug-likeness (QED) is 0.813. The standard InChI is InChI=1S/C17H28N4O2/c1-11(2)15(22)14-13(10-21(20-14)17(3,4)5)19-16(23)12-6-8-18-9-7-12/h6,8,11,13-14,20H,7,9-10H2,1-5H3,(H,19,23). The molecule has 0 saturated carbocycles. The molecule has 23 heavy (non-hydrogen) atoms. The van der Waals surface area contributed by atoms with Gasteiger partial charge in [-0.1, -0.05) is 13.8 Å². The first kappa shape index (κ1) is 17.8. The number of carbonyl (C=O) groups is 2. The van der Waals surface area contributed by atoms with Gasteiger partial charge in [-0.2, -0.15) is 0 Å². The molecule has 1 saturated heterocycles. The van der Waals surface area contributed by atoms with E-state index in [9.17, 15) is 9.59 Å². The number of rotatable bonds is 4. The largest absolute Gasteiger partial charge is 0.346 e. The third-order valence-corrected chi connectivity index (χ3v) is 4.26. The van der Waals surface area contributed by atoms with Gasteiger partial charge in [-0.15, -0.1) is 0 Å². The molecule has 0 bridgehead atoms. The number of hydrogen-bond acceptors (Lipinski definition) is 5. The van der Waals surface area contributed by atoms with E-state index < -0.39 is 0 Å². The summed E-state index contributed by atoms with van der Waals surface area (Å²) in [4.78, 5) is 29.1. The van der Waals surface area contributed by atoms with Crippen LogP contribution in [0.5, 0.6) is 0 Å². The van der Waals surface area contributed by atoms with E-state index in [0.717, 1.165) is 5.57 Å². The highest BCUT2D eigenvalue weighted by Crippen LogP contribution is 2.21. The summed E-state index contributed by atoms with van der Waals surface area (Å²) in [6.45, 7) is 11.3. The Morgan fingerprint density at radius 3 is 2.61 bits per heavy atom. The van der Waals surface area contributed by atoms with Crippen molar-refractivity contribution in [2.24, 2.45) is 10.9 Å². The Morgan fingerprint density at radius 2 is 2.09 bits per heavy atom. The van der Waals surface area contributed by atoms with Gasteiger partial charge in [-0.05, 0) is 33.3 Å². The molecule has 6 heteroatoms. The Balaban J connectivity index is 2.12. The van der Waals surface area contributed by atoms with Crippen LogP contribution in [-0.4, -0.2) is 53.6 Å². The van der Waals surface area contributed by atoms with Crippen molar-refractivity contribution in [2.75, 3.05) is 13.1 Å². The molecule has 1 fully saturated rings. The lowest BCUT2D eigenvalue weighted by Crippen LogP contribution is -2.52. The van der Waals surface area contributed by atoms with E-state index in [4.69, 9.17) is 0 Å². The van der Waals surface area contributed by atoms with Crippen molar-refractivity contribution in [1.82, 2.24) is 15.8 Å². The number of dihydropyridines is 1. The van der Waals surface area contributed by atoms with Crippen LogP contribution in [0.25, 0.3) is 0 Å². The van der Waals surface area contributed by atoms with E-state index in [2.05, 4.69) is 36.5 Å². The molecule has 6 nitrogen and oxygen atoms in total. The maximum absolute atomic E-state index is 12.5. The fourth-order valence-corrected chi connectivity index (χ4v) is 2.77. The predicted octanol–water partition coefficient (Wildman–Crippen LogP) is 1.08. The van der Waals surface area contributed by atoms with Crippen molar-refractivity contribution < 1.29 is 9.59 Å². The SMILES string of the molecule is CC(C)C(=O)C1NN(C(C)(C)C)CC1NC(=O)C1=CC=NCC1. The van der Waals surface area contributed by atoms with Gasteiger partial charge in [0.05, 0.1) is 6.04 Å². The molecule has 0 radical (unpaired) electrons. The summed E-state index contributed by atoms with van der Waals surface area (Å²) >= 11 is 0. The number of carbonyl (C=O) groups excluding carboxylic acids is 2. The highest BCUT2D eigenvalue weighted by Gasteiger charge is 2.42. The summed E-state index contributed by atoms with van der Waals surface area (Å²) in [6.07, 6.45) is 4.07. The maximum Gasteiger partial charge on any atom is 0.247 e. The second kappa shape index (κ2) is 6.93. The van der Waals surface area contributed by atoms with E-state index in [0.29, 0.717) is 19.5 Å². The van der Waals surface area contributed by atoms with Gasteiger partial charge in [0.25, 0.3) is 0 Å². The molecular formula is C17H28N4O2. The zero-order valence-corrected chi connectivity index (χ0v) is 14.7. The molecule has 2 atom stereocenters. The Kier molecular flexibility index (Phi) is 5.37. The van der Waals surface area contributed by atoms with Gasteiger partial charge < -0.3 is 5.32 Å². The van der Waals surface area contributed by atoms with Crippen molar-refractivity contribution in [3.8, 4) is 0 Å². The third-order valence-electron chi connectivity index (χ3n) is 4.26. The van der Waals surface area contributed by atoms with Gasteiger partial charge in [-0.25, -0.2) is 10.4 Å². The molecule has 0 aliphatic carbocycles. The van der Waals surface area contributed by atoms with E-state index in [1.807, 2.05) is 18.9 Å². The topological polar surface area (TPSA) is 73.8 Å². The van der Waals surface area contributed by atoms with Crippen LogP contribution in [-0.2, 0) is 9.59 Å². The number of amides is 1. The fourth-order valence-electron chi connectivity index (χ4n) is 2.77. The lowest BCUT2D eigenvalue weighted by atomic mass is 9.96. The Bertz CT molecular complexity index is 531. The Hall–Kier alpha value is -1.53. The molecule has 0 spiro atoms. The predicted molar refractivity (Wildman–Crippen MR) is 91.2 cm³/mol. The first-order valence-corrected chi connectivity index (χ1v) is 8.27. The minimum Gasteiger partial charge on any atom is -0.346 e. The van der Waals surface area contributed by atoms with Crippen molar-refractivity contribution >= 4 is 17.9 Å². The molecule has 0 aromatic heterocycles. The van der Waals surface area contributed by atoms with Gasteiger partial charge in [0, 0.05) is 36.3 Å². The average Bonchev–Trinajstić information content (AvgIpc) is 2.91. The van der Waals surface area contributed by atoms with E-state index in [-0.39, 0.29) is 35.2 Å². The number of nitrogens with one attached hydrogen (secondary N) is 2. The highest BCUT2D eigenvalue weighted by molar-refractivity contribution is 5.98. The van der Waals surface area contributed by atoms with Gasteiger partial charge in [0.2, 0.25) is 5.91 Å². The van der Waals surface area contributed by atoms with Gasteiger partial charge in [0.1, 0.15) is 6.04 Å². The zero-order chi connectivity index (χ0) is 17.2. The van der Waals surface area contributed by atoms with Crippen LogP contribution in [0.1, 0.15) is 41.0 Å². The number of nitrogens with zero attached hydrogens (tertiary/aromatic N) is 2. The highest BCUT2D eigenvalue weighted by atomic mass is 16.2. The van der Waals surface area contributed by atoms with Gasteiger partial charge in [-0.3, -0.25) is 14.6 Å². The molecule has 2 heterocycles. The second-order valence-electron chi connectivity index (χ2n) is 7.52. The number of allylic oxidation sites excluding steroid dienone is 1. The normalized spacial score (nSPS) is 25.6. The number of aliphatic imine (C=N–C) groups is 1. The second-order valence-corrected chi connectivity index (χ2v) is 7.52. The molecule has 2 aliphatic heterocycles. The number of hydrazine groups is 1. The Labute approximate surface area is 138 Å². The van der Waals surface area contributed by atoms with E-state index in [1.165, 1.54) is 0 Å². The molecule has 128 valence electrons. The average molecular weight is 320 g/mol. The van der Waals surface area contributed by atoms with E-state index in [1.54, 1.807) is 12.3 Å². The zero-order valence-electron chi connectivity index (χ0n) is 14.7. The van der Waals surface area contributed by atoms with Crippen LogP contribution in [0.3, 0.4) is 0 Å². The monoisotopic (exact) mass is 320 g/mol. The molecule has 0 aromatic rings. The maximum atomic E-state index is 12.5. The molecule has 1 amide bonds. The first-order valence-electron chi connectivity index (χ1n) is 8.27. The van der Waals surface area contributed by atoms with E-state index >= 15 is 0 Å². The number of hydrogen-bond donors (Lipinski definition) is 2. The summed E-state index contributed by atoms with van der Waals surface area (Å²) in [5.41, 5.74) is 3.90. The summed E-state index contributed by atoms with van der Waals surface area (Å²) < 4.78 is 0. The minimum absolute atomic E-state index is 0.0761. The fraction of sp³-hybridized carbons (Fsp3) is 0.706. The van der Waals surface area contributed by atoms with Crippen molar-refractivity contribution in [3.63, 3.8) is 0 Å². The van der Waals surface area contributed by atoms with Crippen LogP contribution in [0.2, 0.25) is 0 Å². The van der Waals surface area contributed by atoms with Crippen LogP contribution in [0, 0.1) is 5.92 Å². The van der Waals surface area contributed by atoms with Crippen LogP contribution < -0.4 is 10.7 Å². The first-order chi connectivity index (χ1) is 10.7. The molecule has 0 aromatic carbocycles. The lowest BCUT2D eigenvalue weighted by Gasteiger charge is -2.31. The number of Topliss-reactive ketones (excluding diaryl/α,β-unsaturated/α-hetero) is 1. The summed E-state index contributed by atoms with van der Waals surface area (Å²) in [5.74, 6) is -0.0469. The van der Waals surface area contributed by atoms with Crippen LogP contribution >= 0.6 is 0 Å².